The second kappa shape index (κ2) is 7.62. The fourth-order valence-corrected chi connectivity index (χ4v) is 1.33. The summed E-state index contributed by atoms with van der Waals surface area (Å²) in [5, 5.41) is 8.74. The van der Waals surface area contributed by atoms with E-state index in [0.29, 0.717) is 6.42 Å². The van der Waals surface area contributed by atoms with Gasteiger partial charge in [0.25, 0.3) is 0 Å². The molecule has 19 heavy (non-hydrogen) atoms. The van der Waals surface area contributed by atoms with Crippen LogP contribution >= 0.6 is 0 Å². The van der Waals surface area contributed by atoms with E-state index in [-0.39, 0.29) is 6.42 Å². The summed E-state index contributed by atoms with van der Waals surface area (Å²) in [6.45, 7) is 1.40. The van der Waals surface area contributed by atoms with Crippen LogP contribution in [-0.4, -0.2) is 35.9 Å². The fourth-order valence-electron chi connectivity index (χ4n) is 1.33. The van der Waals surface area contributed by atoms with Gasteiger partial charge in [0.2, 0.25) is 0 Å². The largest absolute Gasteiger partial charge is 0.479 e. The SMILES string of the molecule is CCCCC(OCCCC(F)(F)C(F)(F)F)C(=O)O. The van der Waals surface area contributed by atoms with Crippen LogP contribution in [0.3, 0.4) is 0 Å². The number of carboxylic acids is 1. The summed E-state index contributed by atoms with van der Waals surface area (Å²) in [6.07, 6.45) is -7.17. The maximum atomic E-state index is 12.5. The van der Waals surface area contributed by atoms with E-state index in [1.54, 1.807) is 0 Å². The molecule has 0 saturated heterocycles. The maximum Gasteiger partial charge on any atom is 0.453 e. The molecular formula is C11H17F5O3. The fraction of sp³-hybridized carbons (Fsp3) is 0.909. The summed E-state index contributed by atoms with van der Waals surface area (Å²) in [5.41, 5.74) is 0. The minimum atomic E-state index is -5.58. The molecule has 1 unspecified atom stereocenters. The van der Waals surface area contributed by atoms with Crippen LogP contribution in [0.1, 0.15) is 39.0 Å². The Hall–Kier alpha value is -0.920. The van der Waals surface area contributed by atoms with Gasteiger partial charge in [-0.1, -0.05) is 19.8 Å². The molecular weight excluding hydrogens is 275 g/mol. The number of rotatable bonds is 9. The van der Waals surface area contributed by atoms with Gasteiger partial charge in [0, 0.05) is 13.0 Å². The molecule has 0 aliphatic heterocycles. The molecule has 0 radical (unpaired) electrons. The van der Waals surface area contributed by atoms with Crippen molar-refractivity contribution in [1.29, 1.82) is 0 Å². The Labute approximate surface area is 107 Å². The van der Waals surface area contributed by atoms with Crippen molar-refractivity contribution in [1.82, 2.24) is 0 Å². The lowest BCUT2D eigenvalue weighted by atomic mass is 10.1. The van der Waals surface area contributed by atoms with Crippen LogP contribution in [0.25, 0.3) is 0 Å². The molecule has 0 aromatic rings. The molecule has 0 rings (SSSR count). The highest BCUT2D eigenvalue weighted by atomic mass is 19.4. The van der Waals surface area contributed by atoms with E-state index in [9.17, 15) is 26.7 Å². The Morgan fingerprint density at radius 1 is 1.21 bits per heavy atom. The molecule has 1 N–H and O–H groups in total. The van der Waals surface area contributed by atoms with E-state index in [4.69, 9.17) is 9.84 Å². The average Bonchev–Trinajstić information content (AvgIpc) is 2.25. The van der Waals surface area contributed by atoms with E-state index in [1.165, 1.54) is 0 Å². The van der Waals surface area contributed by atoms with E-state index >= 15 is 0 Å². The second-order valence-electron chi connectivity index (χ2n) is 4.15. The molecule has 114 valence electrons. The standard InChI is InChI=1S/C11H17F5O3/c1-2-3-5-8(9(17)18)19-7-4-6-10(12,13)11(14,15)16/h8H,2-7H2,1H3,(H,17,18). The van der Waals surface area contributed by atoms with E-state index < -0.39 is 43.6 Å². The Morgan fingerprint density at radius 3 is 2.21 bits per heavy atom. The van der Waals surface area contributed by atoms with Crippen LogP contribution in [0.4, 0.5) is 22.0 Å². The number of hydrogen-bond donors (Lipinski definition) is 1. The van der Waals surface area contributed by atoms with Gasteiger partial charge < -0.3 is 9.84 Å². The van der Waals surface area contributed by atoms with Crippen LogP contribution in [0.5, 0.6) is 0 Å². The Kier molecular flexibility index (Phi) is 7.25. The van der Waals surface area contributed by atoms with Crippen molar-refractivity contribution in [3.05, 3.63) is 0 Å². The summed E-state index contributed by atoms with van der Waals surface area (Å²) in [5.74, 6) is -6.01. The van der Waals surface area contributed by atoms with Crippen LogP contribution < -0.4 is 0 Å². The van der Waals surface area contributed by atoms with Gasteiger partial charge in [-0.3, -0.25) is 0 Å². The summed E-state index contributed by atoms with van der Waals surface area (Å²) in [4.78, 5) is 10.7. The van der Waals surface area contributed by atoms with Crippen LogP contribution in [0.2, 0.25) is 0 Å². The van der Waals surface area contributed by atoms with Crippen LogP contribution in [0.15, 0.2) is 0 Å². The van der Waals surface area contributed by atoms with Crippen LogP contribution in [-0.2, 0) is 9.53 Å². The molecule has 0 spiro atoms. The Morgan fingerprint density at radius 2 is 1.79 bits per heavy atom. The number of unbranched alkanes of at least 4 members (excludes halogenated alkanes) is 1. The molecule has 1 atom stereocenters. The van der Waals surface area contributed by atoms with E-state index in [0.717, 1.165) is 6.42 Å². The van der Waals surface area contributed by atoms with Crippen molar-refractivity contribution >= 4 is 5.97 Å². The van der Waals surface area contributed by atoms with Gasteiger partial charge in [-0.05, 0) is 12.8 Å². The van der Waals surface area contributed by atoms with Gasteiger partial charge in [-0.25, -0.2) is 4.79 Å². The highest BCUT2D eigenvalue weighted by Crippen LogP contribution is 2.38. The molecule has 0 amide bonds. The van der Waals surface area contributed by atoms with Gasteiger partial charge in [0.05, 0.1) is 0 Å². The Bertz CT molecular complexity index is 278. The number of alkyl halides is 5. The highest BCUT2D eigenvalue weighted by Gasteiger charge is 2.56. The van der Waals surface area contributed by atoms with Gasteiger partial charge >= 0.3 is 18.1 Å². The number of aliphatic carboxylic acids is 1. The summed E-state index contributed by atoms with van der Waals surface area (Å²) in [7, 11) is 0. The highest BCUT2D eigenvalue weighted by molar-refractivity contribution is 5.72. The van der Waals surface area contributed by atoms with Gasteiger partial charge in [0.1, 0.15) is 0 Å². The van der Waals surface area contributed by atoms with E-state index in [2.05, 4.69) is 0 Å². The molecule has 8 heteroatoms. The number of halogens is 5. The third-order valence-corrected chi connectivity index (χ3v) is 2.46. The first-order chi connectivity index (χ1) is 8.62. The first-order valence-electron chi connectivity index (χ1n) is 5.90. The van der Waals surface area contributed by atoms with Gasteiger partial charge in [-0.2, -0.15) is 22.0 Å². The molecule has 0 heterocycles. The predicted octanol–water partition coefficient (Wildman–Crippen LogP) is 3.62. The lowest BCUT2D eigenvalue weighted by molar-refractivity contribution is -0.285. The first kappa shape index (κ1) is 18.1. The van der Waals surface area contributed by atoms with Crippen molar-refractivity contribution < 1.29 is 36.6 Å². The minimum absolute atomic E-state index is 0.210. The summed E-state index contributed by atoms with van der Waals surface area (Å²) in [6, 6.07) is 0. The van der Waals surface area contributed by atoms with Crippen molar-refractivity contribution in [3.8, 4) is 0 Å². The van der Waals surface area contributed by atoms with Gasteiger partial charge in [0.15, 0.2) is 6.10 Å². The molecule has 0 fully saturated rings. The number of carbonyl (C=O) groups is 1. The zero-order chi connectivity index (χ0) is 15.1. The topological polar surface area (TPSA) is 46.5 Å². The minimum Gasteiger partial charge on any atom is -0.479 e. The molecule has 0 aromatic heterocycles. The average molecular weight is 292 g/mol. The molecule has 0 saturated carbocycles. The lowest BCUT2D eigenvalue weighted by Gasteiger charge is -2.20. The second-order valence-corrected chi connectivity index (χ2v) is 4.15. The third kappa shape index (κ3) is 6.70. The Balaban J connectivity index is 4.04. The van der Waals surface area contributed by atoms with Gasteiger partial charge in [-0.15, -0.1) is 0 Å². The summed E-state index contributed by atoms with van der Waals surface area (Å²) >= 11 is 0. The zero-order valence-electron chi connectivity index (χ0n) is 10.5. The summed E-state index contributed by atoms with van der Waals surface area (Å²) < 4.78 is 65.3. The van der Waals surface area contributed by atoms with Crippen LogP contribution in [0, 0.1) is 0 Å². The number of carboxylic acid groups (broad SMARTS) is 1. The third-order valence-electron chi connectivity index (χ3n) is 2.46. The molecule has 0 bridgehead atoms. The van der Waals surface area contributed by atoms with Crippen molar-refractivity contribution in [3.63, 3.8) is 0 Å². The molecule has 0 aliphatic carbocycles. The van der Waals surface area contributed by atoms with Crippen molar-refractivity contribution in [2.24, 2.45) is 0 Å². The molecule has 3 nitrogen and oxygen atoms in total. The van der Waals surface area contributed by atoms with E-state index in [1.807, 2.05) is 6.92 Å². The number of hydrogen-bond acceptors (Lipinski definition) is 2. The lowest BCUT2D eigenvalue weighted by Crippen LogP contribution is -2.36. The first-order valence-corrected chi connectivity index (χ1v) is 5.90. The molecule has 0 aromatic carbocycles. The van der Waals surface area contributed by atoms with Crippen molar-refractivity contribution in [2.75, 3.05) is 6.61 Å². The smallest absolute Gasteiger partial charge is 0.453 e. The normalized spacial score (nSPS) is 14.4. The van der Waals surface area contributed by atoms with Crippen molar-refractivity contribution in [2.45, 2.75) is 57.2 Å². The molecule has 0 aliphatic rings. The predicted molar refractivity (Wildman–Crippen MR) is 57.1 cm³/mol. The quantitative estimate of drug-likeness (QED) is 0.521. The zero-order valence-corrected chi connectivity index (χ0v) is 10.5. The monoisotopic (exact) mass is 292 g/mol. The maximum absolute atomic E-state index is 12.5. The number of ether oxygens (including phenoxy) is 1.